The van der Waals surface area contributed by atoms with Gasteiger partial charge in [0, 0.05) is 71.1 Å². The maximum absolute atomic E-state index is 12.8. The van der Waals surface area contributed by atoms with Crippen LogP contribution >= 0.6 is 49.6 Å². The monoisotopic (exact) mass is 813 g/mol. The topological polar surface area (TPSA) is 258 Å². The lowest BCUT2D eigenvalue weighted by Gasteiger charge is -2.32. The Morgan fingerprint density at radius 2 is 0.961 bits per heavy atom. The van der Waals surface area contributed by atoms with E-state index in [0.29, 0.717) is 12.8 Å². The molecule has 0 bridgehead atoms. The molecule has 0 aromatic carbocycles. The maximum Gasteiger partial charge on any atom is 0.326 e. The van der Waals surface area contributed by atoms with Gasteiger partial charge >= 0.3 is 23.9 Å². The third-order valence-electron chi connectivity index (χ3n) is 7.48. The molecule has 0 aliphatic carbocycles. The zero-order valence-corrected chi connectivity index (χ0v) is 30.9. The summed E-state index contributed by atoms with van der Waals surface area (Å²) in [4.78, 5) is 102. The molecule has 1 atom stereocenters. The van der Waals surface area contributed by atoms with Crippen LogP contribution in [0.25, 0.3) is 0 Å². The third-order valence-corrected chi connectivity index (χ3v) is 7.48. The number of carboxylic acid groups (broad SMARTS) is 4. The van der Waals surface area contributed by atoms with E-state index in [1.807, 2.05) is 0 Å². The number of rotatable bonds is 17. The molecule has 6 N–H and O–H groups in total. The fraction of sp³-hybridized carbons (Fsp3) is 0.643. The molecule has 2 aliphatic rings. The van der Waals surface area contributed by atoms with Crippen LogP contribution in [0.2, 0.25) is 0 Å². The zero-order chi connectivity index (χ0) is 34.9. The van der Waals surface area contributed by atoms with Crippen LogP contribution in [0.5, 0.6) is 0 Å². The molecule has 1 saturated heterocycles. The van der Waals surface area contributed by atoms with Crippen molar-refractivity contribution in [2.24, 2.45) is 0 Å². The first-order valence-corrected chi connectivity index (χ1v) is 15.1. The zero-order valence-electron chi connectivity index (χ0n) is 27.7. The Hall–Kier alpha value is -3.30. The largest absolute Gasteiger partial charge is 0.480 e. The predicted molar refractivity (Wildman–Crippen MR) is 190 cm³/mol. The summed E-state index contributed by atoms with van der Waals surface area (Å²) in [6.45, 7) is 0.157. The first kappa shape index (κ1) is 52.1. The number of carbonyl (C=O) groups is 8. The number of hydrogen-bond donors (Lipinski definition) is 6. The Morgan fingerprint density at radius 3 is 1.31 bits per heavy atom. The molecule has 2 rings (SSSR count). The van der Waals surface area contributed by atoms with Gasteiger partial charge in [-0.3, -0.25) is 58.1 Å². The van der Waals surface area contributed by atoms with E-state index >= 15 is 0 Å². The minimum Gasteiger partial charge on any atom is -0.480 e. The number of nitrogens with one attached hydrogen (secondary N) is 2. The fourth-order valence-electron chi connectivity index (χ4n) is 5.00. The average molecular weight is 816 g/mol. The van der Waals surface area contributed by atoms with E-state index in [1.54, 1.807) is 19.6 Å². The summed E-state index contributed by atoms with van der Waals surface area (Å²) in [7, 11) is 0. The Kier molecular flexibility index (Phi) is 27.9. The summed E-state index contributed by atoms with van der Waals surface area (Å²) in [5, 5.41) is 42.2. The van der Waals surface area contributed by atoms with Gasteiger partial charge < -0.3 is 31.1 Å². The lowest BCUT2D eigenvalue weighted by Crippen LogP contribution is -2.50. The van der Waals surface area contributed by atoms with Crippen LogP contribution in [0.3, 0.4) is 0 Å². The van der Waals surface area contributed by atoms with Gasteiger partial charge in [0.2, 0.25) is 11.8 Å². The first-order chi connectivity index (χ1) is 22.2. The Morgan fingerprint density at radius 1 is 0.588 bits per heavy atom. The molecule has 0 spiro atoms. The predicted octanol–water partition coefficient (Wildman–Crippen LogP) is -2.07. The normalized spacial score (nSPS) is 16.8. The standard InChI is InChI=1S/C28H43N7O12.4ClH/c36-21(30-20(28(46)47)3-1-2-6-35-23(38)4-5-24(35)39)15-29-22(37)16-31-7-9-32(17-25(40)41)11-13-34(19-27(44)45)14-12-33(10-8-31)18-26(42)43;;;;/h4-5,20H,1-3,6-19H2,(H,29,37)(H,30,36)(H,40,41)(H,42,43)(H,44,45)(H,46,47);4*1H. The van der Waals surface area contributed by atoms with E-state index in [-0.39, 0.29) is 141 Å². The van der Waals surface area contributed by atoms with E-state index < -0.39 is 60.1 Å². The summed E-state index contributed by atoms with van der Waals surface area (Å²) < 4.78 is 0. The summed E-state index contributed by atoms with van der Waals surface area (Å²) in [6.07, 6.45) is 2.96. The van der Waals surface area contributed by atoms with E-state index in [1.165, 1.54) is 0 Å². The van der Waals surface area contributed by atoms with Crippen LogP contribution < -0.4 is 10.6 Å². The maximum atomic E-state index is 12.8. The van der Waals surface area contributed by atoms with E-state index in [0.717, 1.165) is 17.1 Å². The first-order valence-electron chi connectivity index (χ1n) is 15.1. The lowest BCUT2D eigenvalue weighted by molar-refractivity contribution is -0.142. The molecule has 2 heterocycles. The van der Waals surface area contributed by atoms with Crippen LogP contribution in [0, 0.1) is 0 Å². The van der Waals surface area contributed by atoms with Crippen LogP contribution in [-0.4, -0.2) is 190 Å². The number of unbranched alkanes of at least 4 members (excludes halogenated alkanes) is 1. The van der Waals surface area contributed by atoms with Gasteiger partial charge in [0.25, 0.3) is 11.8 Å². The van der Waals surface area contributed by atoms with Crippen molar-refractivity contribution in [2.75, 3.05) is 91.6 Å². The number of carbonyl (C=O) groups excluding carboxylic acids is 4. The van der Waals surface area contributed by atoms with Crippen molar-refractivity contribution in [3.63, 3.8) is 0 Å². The number of imide groups is 1. The van der Waals surface area contributed by atoms with Crippen molar-refractivity contribution in [1.82, 2.24) is 35.1 Å². The third kappa shape index (κ3) is 21.6. The number of nitrogens with zero attached hydrogens (tertiary/aromatic N) is 5. The number of carboxylic acids is 4. The highest BCUT2D eigenvalue weighted by molar-refractivity contribution is 6.12. The fourth-order valence-corrected chi connectivity index (χ4v) is 5.00. The minimum atomic E-state index is -1.29. The van der Waals surface area contributed by atoms with E-state index in [4.69, 9.17) is 0 Å². The molecular weight excluding hydrogens is 768 g/mol. The van der Waals surface area contributed by atoms with Gasteiger partial charge in [0.05, 0.1) is 32.7 Å². The van der Waals surface area contributed by atoms with Crippen molar-refractivity contribution < 1.29 is 58.8 Å². The minimum absolute atomic E-state index is 0. The molecule has 4 amide bonds. The van der Waals surface area contributed by atoms with Gasteiger partial charge in [-0.1, -0.05) is 0 Å². The summed E-state index contributed by atoms with van der Waals surface area (Å²) in [5.74, 6) is -6.74. The van der Waals surface area contributed by atoms with Crippen molar-refractivity contribution in [3.05, 3.63) is 12.2 Å². The molecule has 0 saturated carbocycles. The lowest BCUT2D eigenvalue weighted by atomic mass is 10.1. The molecule has 1 fully saturated rings. The van der Waals surface area contributed by atoms with E-state index in [2.05, 4.69) is 10.6 Å². The van der Waals surface area contributed by atoms with Crippen molar-refractivity contribution in [3.8, 4) is 0 Å². The number of halogens is 4. The van der Waals surface area contributed by atoms with Gasteiger partial charge in [-0.15, -0.1) is 49.6 Å². The highest BCUT2D eigenvalue weighted by Gasteiger charge is 2.25. The summed E-state index contributed by atoms with van der Waals surface area (Å²) in [5.41, 5.74) is 0. The van der Waals surface area contributed by atoms with Crippen molar-refractivity contribution in [2.45, 2.75) is 25.3 Å². The van der Waals surface area contributed by atoms with Crippen LogP contribution in [0.1, 0.15) is 19.3 Å². The molecule has 0 aromatic rings. The summed E-state index contributed by atoms with van der Waals surface area (Å²) in [6, 6.07) is -1.26. The molecule has 1 unspecified atom stereocenters. The molecular formula is C28H47Cl4N7O12. The molecule has 51 heavy (non-hydrogen) atoms. The highest BCUT2D eigenvalue weighted by atomic mass is 35.5. The molecule has 23 heteroatoms. The van der Waals surface area contributed by atoms with Gasteiger partial charge in [-0.05, 0) is 19.3 Å². The smallest absolute Gasteiger partial charge is 0.326 e. The second-order valence-corrected chi connectivity index (χ2v) is 11.2. The molecule has 294 valence electrons. The highest BCUT2D eigenvalue weighted by Crippen LogP contribution is 2.08. The molecule has 19 nitrogen and oxygen atoms in total. The SMILES string of the molecule is Cl.Cl.Cl.Cl.O=C(O)CN1CCN(CC(=O)O)CCN(CC(=O)NCC(=O)NC(CCCCN2C(=O)C=CC2=O)C(=O)O)CCN(CC(=O)O)CC1. The van der Waals surface area contributed by atoms with Gasteiger partial charge in [-0.25, -0.2) is 4.79 Å². The number of aliphatic carboxylic acids is 4. The van der Waals surface area contributed by atoms with Gasteiger partial charge in [0.1, 0.15) is 6.04 Å². The second-order valence-electron chi connectivity index (χ2n) is 11.2. The molecule has 0 aromatic heterocycles. The number of hydrogen-bond acceptors (Lipinski definition) is 12. The number of amides is 4. The molecule has 0 radical (unpaired) electrons. The average Bonchev–Trinajstić information content (AvgIpc) is 3.30. The van der Waals surface area contributed by atoms with Crippen LogP contribution in [0.4, 0.5) is 0 Å². The Balaban J connectivity index is -0.00000576. The van der Waals surface area contributed by atoms with Crippen molar-refractivity contribution in [1.29, 1.82) is 0 Å². The quantitative estimate of drug-likeness (QED) is 0.0681. The van der Waals surface area contributed by atoms with Crippen molar-refractivity contribution >= 4 is 97.1 Å². The second kappa shape index (κ2) is 27.4. The van der Waals surface area contributed by atoms with Crippen LogP contribution in [0.15, 0.2) is 12.2 Å². The van der Waals surface area contributed by atoms with Gasteiger partial charge in [-0.2, -0.15) is 0 Å². The molecule has 2 aliphatic heterocycles. The summed E-state index contributed by atoms with van der Waals surface area (Å²) >= 11 is 0. The Bertz CT molecular complexity index is 1170. The Labute approximate surface area is 319 Å². The van der Waals surface area contributed by atoms with E-state index in [9.17, 15) is 58.8 Å². The van der Waals surface area contributed by atoms with Gasteiger partial charge in [0.15, 0.2) is 0 Å². The van der Waals surface area contributed by atoms with Crippen LogP contribution in [-0.2, 0) is 38.4 Å².